The zero-order valence-electron chi connectivity index (χ0n) is 16.0. The van der Waals surface area contributed by atoms with Crippen LogP contribution in [0.3, 0.4) is 0 Å². The number of hydrogen-bond acceptors (Lipinski definition) is 4. The fraction of sp³-hybridized carbons (Fsp3) is 0.273. The normalized spacial score (nSPS) is 11.0. The summed E-state index contributed by atoms with van der Waals surface area (Å²) in [5.74, 6) is 0.355. The van der Waals surface area contributed by atoms with Crippen LogP contribution in [0.5, 0.6) is 0 Å². The highest BCUT2D eigenvalue weighted by atomic mass is 32.2. The van der Waals surface area contributed by atoms with Crippen LogP contribution in [-0.2, 0) is 4.79 Å². The molecule has 1 heterocycles. The van der Waals surface area contributed by atoms with Crippen molar-refractivity contribution in [2.75, 3.05) is 22.5 Å². The van der Waals surface area contributed by atoms with Gasteiger partial charge in [-0.25, -0.2) is 0 Å². The molecule has 27 heavy (non-hydrogen) atoms. The monoisotopic (exact) mass is 379 g/mol. The summed E-state index contributed by atoms with van der Waals surface area (Å²) in [6.45, 7) is 7.47. The Morgan fingerprint density at radius 3 is 2.56 bits per heavy atom. The van der Waals surface area contributed by atoms with E-state index in [1.54, 1.807) is 6.20 Å². The molecule has 0 radical (unpaired) electrons. The number of carbonyl (C=O) groups excluding carboxylic acids is 1. The molecule has 0 saturated heterocycles. The van der Waals surface area contributed by atoms with E-state index in [1.165, 1.54) is 17.4 Å². The lowest BCUT2D eigenvalue weighted by Gasteiger charge is -2.27. The second-order valence-corrected chi connectivity index (χ2v) is 7.61. The van der Waals surface area contributed by atoms with Crippen LogP contribution in [-0.4, -0.2) is 29.2 Å². The number of thioether (sulfide) groups is 1. The molecule has 0 aliphatic rings. The molecule has 0 saturated carbocycles. The summed E-state index contributed by atoms with van der Waals surface area (Å²) in [6, 6.07) is 18.4. The minimum atomic E-state index is -0.00940. The predicted octanol–water partition coefficient (Wildman–Crippen LogP) is 5.20. The van der Waals surface area contributed by atoms with Gasteiger partial charge in [-0.15, -0.1) is 11.8 Å². The van der Waals surface area contributed by atoms with Gasteiger partial charge in [0.2, 0.25) is 5.91 Å². The van der Waals surface area contributed by atoms with E-state index in [1.807, 2.05) is 42.5 Å². The highest BCUT2D eigenvalue weighted by Crippen LogP contribution is 2.26. The van der Waals surface area contributed by atoms with Gasteiger partial charge in [0.15, 0.2) is 0 Å². The number of aromatic nitrogens is 1. The maximum Gasteiger partial charge on any atom is 0.234 e. The van der Waals surface area contributed by atoms with Crippen LogP contribution in [0.15, 0.2) is 65.7 Å². The topological polar surface area (TPSA) is 45.2 Å². The summed E-state index contributed by atoms with van der Waals surface area (Å²) < 4.78 is 0. The first-order valence-corrected chi connectivity index (χ1v) is 10.2. The largest absolute Gasteiger partial charge is 0.369 e. The molecule has 3 rings (SSSR count). The van der Waals surface area contributed by atoms with Crippen LogP contribution in [0.2, 0.25) is 0 Å². The molecule has 0 spiro atoms. The van der Waals surface area contributed by atoms with E-state index in [4.69, 9.17) is 0 Å². The van der Waals surface area contributed by atoms with E-state index in [9.17, 15) is 4.79 Å². The quantitative estimate of drug-likeness (QED) is 0.573. The van der Waals surface area contributed by atoms with Crippen molar-refractivity contribution in [2.24, 2.45) is 0 Å². The van der Waals surface area contributed by atoms with Crippen molar-refractivity contribution in [2.45, 2.75) is 31.7 Å². The molecule has 4 nitrogen and oxygen atoms in total. The lowest BCUT2D eigenvalue weighted by molar-refractivity contribution is -0.113. The Kier molecular flexibility index (Phi) is 6.35. The number of amides is 1. The second kappa shape index (κ2) is 8.91. The van der Waals surface area contributed by atoms with Gasteiger partial charge in [0.25, 0.3) is 0 Å². The molecule has 3 aromatic rings. The van der Waals surface area contributed by atoms with Crippen molar-refractivity contribution in [3.63, 3.8) is 0 Å². The minimum absolute atomic E-state index is 0.00940. The molecule has 0 fully saturated rings. The fourth-order valence-corrected chi connectivity index (χ4v) is 3.96. The number of para-hydroxylation sites is 1. The van der Waals surface area contributed by atoms with Crippen LogP contribution in [0, 0.1) is 0 Å². The number of hydrogen-bond donors (Lipinski definition) is 1. The number of nitrogens with one attached hydrogen (secondary N) is 1. The first-order chi connectivity index (χ1) is 13.1. The Bertz CT molecular complexity index is 904. The van der Waals surface area contributed by atoms with Gasteiger partial charge >= 0.3 is 0 Å². The van der Waals surface area contributed by atoms with Crippen molar-refractivity contribution in [1.29, 1.82) is 0 Å². The standard InChI is InChI=1S/C22H25N3OS/c1-4-25(16(2)3)18-11-9-17(10-12-18)24-22(26)15-27-21-13-14-23-20-8-6-5-7-19(20)21/h5-14,16H,4,15H2,1-3H3,(H,24,26). The number of pyridine rings is 1. The van der Waals surface area contributed by atoms with Gasteiger partial charge in [-0.3, -0.25) is 9.78 Å². The van der Waals surface area contributed by atoms with Crippen LogP contribution >= 0.6 is 11.8 Å². The summed E-state index contributed by atoms with van der Waals surface area (Å²) in [5.41, 5.74) is 2.94. The minimum Gasteiger partial charge on any atom is -0.369 e. The molecule has 1 N–H and O–H groups in total. The molecule has 1 aromatic heterocycles. The van der Waals surface area contributed by atoms with E-state index in [0.29, 0.717) is 11.8 Å². The van der Waals surface area contributed by atoms with Crippen molar-refractivity contribution in [1.82, 2.24) is 4.98 Å². The van der Waals surface area contributed by atoms with Crippen LogP contribution in [0.1, 0.15) is 20.8 Å². The van der Waals surface area contributed by atoms with Gasteiger partial charge in [-0.2, -0.15) is 0 Å². The number of nitrogens with zero attached hydrogens (tertiary/aromatic N) is 2. The van der Waals surface area contributed by atoms with Gasteiger partial charge in [-0.1, -0.05) is 18.2 Å². The van der Waals surface area contributed by atoms with Crippen molar-refractivity contribution in [3.8, 4) is 0 Å². The van der Waals surface area contributed by atoms with Crippen molar-refractivity contribution >= 4 is 39.9 Å². The van der Waals surface area contributed by atoms with Crippen molar-refractivity contribution < 1.29 is 4.79 Å². The third-order valence-corrected chi connectivity index (χ3v) is 5.49. The SMILES string of the molecule is CCN(c1ccc(NC(=O)CSc2ccnc3ccccc23)cc1)C(C)C. The van der Waals surface area contributed by atoms with Crippen LogP contribution in [0.4, 0.5) is 11.4 Å². The highest BCUT2D eigenvalue weighted by molar-refractivity contribution is 8.00. The van der Waals surface area contributed by atoms with Crippen LogP contribution < -0.4 is 10.2 Å². The summed E-state index contributed by atoms with van der Waals surface area (Å²) >= 11 is 1.53. The third-order valence-electron chi connectivity index (χ3n) is 4.41. The molecule has 140 valence electrons. The second-order valence-electron chi connectivity index (χ2n) is 6.59. The first-order valence-electron chi connectivity index (χ1n) is 9.21. The molecular weight excluding hydrogens is 354 g/mol. The maximum absolute atomic E-state index is 12.3. The zero-order valence-corrected chi connectivity index (χ0v) is 16.8. The number of carbonyl (C=O) groups is 1. The average Bonchev–Trinajstić information content (AvgIpc) is 2.68. The molecule has 0 unspecified atom stereocenters. The van der Waals surface area contributed by atoms with E-state index >= 15 is 0 Å². The molecule has 5 heteroatoms. The van der Waals surface area contributed by atoms with E-state index in [0.717, 1.165) is 28.0 Å². The Morgan fingerprint density at radius 1 is 1.11 bits per heavy atom. The summed E-state index contributed by atoms with van der Waals surface area (Å²) in [5, 5.41) is 4.06. The Labute approximate surface area is 165 Å². The van der Waals surface area contributed by atoms with Gasteiger partial charge < -0.3 is 10.2 Å². The Balaban J connectivity index is 1.61. The third kappa shape index (κ3) is 4.80. The predicted molar refractivity (Wildman–Crippen MR) is 116 cm³/mol. The molecule has 2 aromatic carbocycles. The summed E-state index contributed by atoms with van der Waals surface area (Å²) in [4.78, 5) is 20.1. The van der Waals surface area contributed by atoms with Gasteiger partial charge in [-0.05, 0) is 57.2 Å². The molecule has 0 bridgehead atoms. The molecule has 0 aliphatic heterocycles. The average molecular weight is 380 g/mol. The van der Waals surface area contributed by atoms with Gasteiger partial charge in [0.1, 0.15) is 0 Å². The van der Waals surface area contributed by atoms with Gasteiger partial charge in [0, 0.05) is 40.4 Å². The first kappa shape index (κ1) is 19.2. The van der Waals surface area contributed by atoms with E-state index < -0.39 is 0 Å². The Hall–Kier alpha value is -2.53. The molecular formula is C22H25N3OS. The summed E-state index contributed by atoms with van der Waals surface area (Å²) in [6.07, 6.45) is 1.79. The lowest BCUT2D eigenvalue weighted by Crippen LogP contribution is -2.30. The molecule has 0 atom stereocenters. The van der Waals surface area contributed by atoms with Crippen LogP contribution in [0.25, 0.3) is 10.9 Å². The molecule has 0 aliphatic carbocycles. The maximum atomic E-state index is 12.3. The van der Waals surface area contributed by atoms with Gasteiger partial charge in [0.05, 0.1) is 11.3 Å². The lowest BCUT2D eigenvalue weighted by atomic mass is 10.2. The number of rotatable bonds is 7. The number of fused-ring (bicyclic) bond motifs is 1. The smallest absolute Gasteiger partial charge is 0.234 e. The number of anilines is 2. The number of benzene rings is 2. The zero-order chi connectivity index (χ0) is 19.2. The Morgan fingerprint density at radius 2 is 1.85 bits per heavy atom. The van der Waals surface area contributed by atoms with E-state index in [2.05, 4.69) is 48.1 Å². The molecule has 1 amide bonds. The fourth-order valence-electron chi connectivity index (χ4n) is 3.12. The summed E-state index contributed by atoms with van der Waals surface area (Å²) in [7, 11) is 0. The highest BCUT2D eigenvalue weighted by Gasteiger charge is 2.10. The van der Waals surface area contributed by atoms with Crippen molar-refractivity contribution in [3.05, 3.63) is 60.8 Å². The van der Waals surface area contributed by atoms with E-state index in [-0.39, 0.29) is 5.91 Å².